The van der Waals surface area contributed by atoms with Crippen molar-refractivity contribution in [2.45, 2.75) is 19.4 Å². The molecule has 1 atom stereocenters. The lowest BCUT2D eigenvalue weighted by atomic mass is 10.0. The molecule has 0 fully saturated rings. The highest BCUT2D eigenvalue weighted by molar-refractivity contribution is 6.00. The first-order valence-electron chi connectivity index (χ1n) is 6.60. The second-order valence-corrected chi connectivity index (χ2v) is 4.60. The van der Waals surface area contributed by atoms with Crippen LogP contribution in [0.3, 0.4) is 0 Å². The number of nitrogens with zero attached hydrogens (tertiary/aromatic N) is 2. The number of ketones is 1. The van der Waals surface area contributed by atoms with Crippen molar-refractivity contribution >= 4 is 5.78 Å². The average Bonchev–Trinajstić information content (AvgIpc) is 2.46. The highest BCUT2D eigenvalue weighted by Gasteiger charge is 2.24. The van der Waals surface area contributed by atoms with Gasteiger partial charge in [0.25, 0.3) is 0 Å². The molecule has 0 aromatic heterocycles. The predicted molar refractivity (Wildman–Crippen MR) is 73.8 cm³/mol. The number of halogens is 2. The Balaban J connectivity index is 2.88. The molecule has 1 unspecified atom stereocenters. The highest BCUT2D eigenvalue weighted by atomic mass is 19.1. The van der Waals surface area contributed by atoms with Crippen molar-refractivity contribution in [1.29, 1.82) is 5.26 Å². The van der Waals surface area contributed by atoms with Crippen LogP contribution in [0, 0.1) is 23.0 Å². The van der Waals surface area contributed by atoms with Crippen LogP contribution in [0.1, 0.15) is 23.7 Å². The Morgan fingerprint density at radius 3 is 2.71 bits per heavy atom. The van der Waals surface area contributed by atoms with Gasteiger partial charge in [-0.2, -0.15) is 5.26 Å². The van der Waals surface area contributed by atoms with Crippen molar-refractivity contribution in [3.05, 3.63) is 35.4 Å². The summed E-state index contributed by atoms with van der Waals surface area (Å²) in [6.45, 7) is 2.87. The van der Waals surface area contributed by atoms with Crippen molar-refractivity contribution in [3.63, 3.8) is 0 Å². The summed E-state index contributed by atoms with van der Waals surface area (Å²) in [5.41, 5.74) is -0.150. The van der Waals surface area contributed by atoms with E-state index >= 15 is 0 Å². The Morgan fingerprint density at radius 1 is 1.43 bits per heavy atom. The summed E-state index contributed by atoms with van der Waals surface area (Å²) in [5, 5.41) is 8.66. The fraction of sp³-hybridized carbons (Fsp3) is 0.467. The van der Waals surface area contributed by atoms with E-state index in [2.05, 4.69) is 0 Å². The second kappa shape index (κ2) is 8.45. The molecule has 1 rings (SSSR count). The molecule has 0 radical (unpaired) electrons. The molecule has 0 amide bonds. The summed E-state index contributed by atoms with van der Waals surface area (Å²) in [5.74, 6) is -2.04. The first-order valence-corrected chi connectivity index (χ1v) is 6.60. The van der Waals surface area contributed by atoms with Gasteiger partial charge in [0.15, 0.2) is 5.78 Å². The first kappa shape index (κ1) is 17.2. The lowest BCUT2D eigenvalue weighted by Crippen LogP contribution is -2.41. The molecule has 1 aromatic rings. The van der Waals surface area contributed by atoms with Gasteiger partial charge in [-0.3, -0.25) is 9.69 Å². The summed E-state index contributed by atoms with van der Waals surface area (Å²) in [4.78, 5) is 14.1. The third-order valence-corrected chi connectivity index (χ3v) is 3.22. The highest BCUT2D eigenvalue weighted by Crippen LogP contribution is 2.15. The van der Waals surface area contributed by atoms with E-state index in [0.717, 1.165) is 12.1 Å². The number of nitriles is 1. The molecule has 0 spiro atoms. The topological polar surface area (TPSA) is 53.3 Å². The van der Waals surface area contributed by atoms with Gasteiger partial charge in [0.1, 0.15) is 11.6 Å². The number of carbonyl (C=O) groups is 1. The van der Waals surface area contributed by atoms with Crippen LogP contribution in [-0.4, -0.2) is 43.5 Å². The number of carbonyl (C=O) groups excluding carboxylic acids is 1. The first-order chi connectivity index (χ1) is 10.0. The molecular weight excluding hydrogens is 278 g/mol. The fourth-order valence-electron chi connectivity index (χ4n) is 1.98. The largest absolute Gasteiger partial charge is 0.383 e. The van der Waals surface area contributed by atoms with Crippen molar-refractivity contribution in [2.24, 2.45) is 0 Å². The lowest BCUT2D eigenvalue weighted by molar-refractivity contribution is 0.0777. The Kier molecular flexibility index (Phi) is 6.92. The molecule has 0 aliphatic carbocycles. The Morgan fingerprint density at radius 2 is 2.14 bits per heavy atom. The van der Waals surface area contributed by atoms with Gasteiger partial charge in [-0.05, 0) is 19.1 Å². The number of methoxy groups -OCH3 is 1. The van der Waals surface area contributed by atoms with E-state index in [1.54, 1.807) is 11.8 Å². The molecule has 6 heteroatoms. The summed E-state index contributed by atoms with van der Waals surface area (Å²) >= 11 is 0. The summed E-state index contributed by atoms with van der Waals surface area (Å²) < 4.78 is 31.5. The van der Waals surface area contributed by atoms with Crippen LogP contribution in [0.15, 0.2) is 18.2 Å². The van der Waals surface area contributed by atoms with Crippen molar-refractivity contribution < 1.29 is 18.3 Å². The Hall–Kier alpha value is -1.84. The molecular formula is C15H18F2N2O2. The average molecular weight is 296 g/mol. The number of benzene rings is 1. The van der Waals surface area contributed by atoms with Gasteiger partial charge in [0.2, 0.25) is 0 Å². The van der Waals surface area contributed by atoms with Crippen molar-refractivity contribution in [1.82, 2.24) is 4.90 Å². The summed E-state index contributed by atoms with van der Waals surface area (Å²) in [6, 6.07) is 4.28. The third kappa shape index (κ3) is 4.88. The van der Waals surface area contributed by atoms with Crippen LogP contribution < -0.4 is 0 Å². The van der Waals surface area contributed by atoms with Gasteiger partial charge >= 0.3 is 0 Å². The molecule has 0 saturated heterocycles. The standard InChI is InChI=1S/C15H18F2N2O2/c1-11(19(7-3-6-18)8-9-21-2)15(20)13-5-4-12(16)10-14(13)17/h4-5,10-11H,3,7-9H2,1-2H3. The minimum atomic E-state index is -0.876. The van der Waals surface area contributed by atoms with Gasteiger partial charge in [0, 0.05) is 32.7 Å². The van der Waals surface area contributed by atoms with Gasteiger partial charge < -0.3 is 4.74 Å². The van der Waals surface area contributed by atoms with E-state index in [4.69, 9.17) is 10.00 Å². The lowest BCUT2D eigenvalue weighted by Gasteiger charge is -2.27. The minimum Gasteiger partial charge on any atom is -0.383 e. The molecule has 0 bridgehead atoms. The molecule has 0 aliphatic rings. The van der Waals surface area contributed by atoms with Gasteiger partial charge in [0.05, 0.1) is 24.3 Å². The second-order valence-electron chi connectivity index (χ2n) is 4.60. The normalized spacial score (nSPS) is 12.2. The molecule has 0 N–H and O–H groups in total. The number of hydrogen-bond acceptors (Lipinski definition) is 4. The van der Waals surface area contributed by atoms with E-state index in [0.29, 0.717) is 25.8 Å². The number of Topliss-reactive ketones (excluding diaryl/α,β-unsaturated/α-hetero) is 1. The number of ether oxygens (including phenoxy) is 1. The maximum absolute atomic E-state index is 13.7. The molecule has 0 aliphatic heterocycles. The monoisotopic (exact) mass is 296 g/mol. The van der Waals surface area contributed by atoms with Gasteiger partial charge in [-0.15, -0.1) is 0 Å². The van der Waals surface area contributed by atoms with Gasteiger partial charge in [-0.25, -0.2) is 8.78 Å². The maximum atomic E-state index is 13.7. The number of rotatable bonds is 8. The van der Waals surface area contributed by atoms with Crippen LogP contribution in [0.25, 0.3) is 0 Å². The minimum absolute atomic E-state index is 0.150. The van der Waals surface area contributed by atoms with E-state index in [-0.39, 0.29) is 12.0 Å². The van der Waals surface area contributed by atoms with Crippen LogP contribution in [0.4, 0.5) is 8.78 Å². The van der Waals surface area contributed by atoms with E-state index in [1.165, 1.54) is 7.11 Å². The zero-order valence-corrected chi connectivity index (χ0v) is 12.1. The molecule has 114 valence electrons. The van der Waals surface area contributed by atoms with Crippen LogP contribution >= 0.6 is 0 Å². The molecule has 0 saturated carbocycles. The fourth-order valence-corrected chi connectivity index (χ4v) is 1.98. The van der Waals surface area contributed by atoms with Crippen molar-refractivity contribution in [2.75, 3.05) is 26.8 Å². The smallest absolute Gasteiger partial charge is 0.182 e. The van der Waals surface area contributed by atoms with Crippen LogP contribution in [0.2, 0.25) is 0 Å². The molecule has 0 heterocycles. The zero-order valence-electron chi connectivity index (χ0n) is 12.1. The SMILES string of the molecule is COCCN(CCC#N)C(C)C(=O)c1ccc(F)cc1F. The molecule has 21 heavy (non-hydrogen) atoms. The molecule has 4 nitrogen and oxygen atoms in total. The van der Waals surface area contributed by atoms with Gasteiger partial charge in [-0.1, -0.05) is 0 Å². The van der Waals surface area contributed by atoms with Crippen LogP contribution in [0.5, 0.6) is 0 Å². The Labute approximate surface area is 122 Å². The summed E-state index contributed by atoms with van der Waals surface area (Å²) in [6.07, 6.45) is 0.257. The maximum Gasteiger partial charge on any atom is 0.182 e. The van der Waals surface area contributed by atoms with E-state index in [1.807, 2.05) is 6.07 Å². The van der Waals surface area contributed by atoms with Crippen LogP contribution in [-0.2, 0) is 4.74 Å². The molecule has 1 aromatic carbocycles. The van der Waals surface area contributed by atoms with Crippen molar-refractivity contribution in [3.8, 4) is 6.07 Å². The number of hydrogen-bond donors (Lipinski definition) is 0. The van der Waals surface area contributed by atoms with E-state index in [9.17, 15) is 13.6 Å². The van der Waals surface area contributed by atoms with E-state index < -0.39 is 23.5 Å². The third-order valence-electron chi connectivity index (χ3n) is 3.22. The predicted octanol–water partition coefficient (Wildman–Crippen LogP) is 2.40. The quantitative estimate of drug-likeness (QED) is 0.691. The zero-order chi connectivity index (χ0) is 15.8. The summed E-state index contributed by atoms with van der Waals surface area (Å²) in [7, 11) is 1.54. The Bertz CT molecular complexity index is 529.